The third-order valence-corrected chi connectivity index (χ3v) is 5.90. The summed E-state index contributed by atoms with van der Waals surface area (Å²) in [5.74, 6) is 2.31. The normalized spacial score (nSPS) is 16.0. The minimum absolute atomic E-state index is 0.138. The molecule has 4 rings (SSSR count). The fraction of sp³-hybridized carbons (Fsp3) is 0.409. The van der Waals surface area contributed by atoms with Crippen LogP contribution in [-0.4, -0.2) is 42.2 Å². The van der Waals surface area contributed by atoms with Gasteiger partial charge in [0.15, 0.2) is 5.82 Å². The van der Waals surface area contributed by atoms with Gasteiger partial charge in [0.05, 0.1) is 29.7 Å². The van der Waals surface area contributed by atoms with Crippen molar-refractivity contribution in [2.45, 2.75) is 53.1 Å². The first-order valence-electron chi connectivity index (χ1n) is 10.4. The molecule has 0 unspecified atom stereocenters. The van der Waals surface area contributed by atoms with Crippen molar-refractivity contribution in [3.8, 4) is 0 Å². The summed E-state index contributed by atoms with van der Waals surface area (Å²) in [6, 6.07) is 7.43. The first-order valence-corrected chi connectivity index (χ1v) is 10.7. The van der Waals surface area contributed by atoms with Crippen LogP contribution in [-0.2, 0) is 6.54 Å². The largest absolute Gasteiger partial charge is 0.322 e. The number of hydrogen-bond donors (Lipinski definition) is 1. The number of carbonyl (C=O) groups is 1. The highest BCUT2D eigenvalue weighted by Gasteiger charge is 2.34. The average molecular weight is 440 g/mol. The number of aromatic nitrogens is 5. The number of hydrogen-bond acceptors (Lipinski definition) is 5. The van der Waals surface area contributed by atoms with Gasteiger partial charge in [-0.05, 0) is 58.2 Å². The summed E-state index contributed by atoms with van der Waals surface area (Å²) in [5, 5.41) is 12.5. The SMILES string of the molecule is Cc1nc(C)c(NC(=O)N2CCC[C@@H]2c2nnc(C)n2Cc2ccc(Cl)cc2)c(C)n1. The topological polar surface area (TPSA) is 88.8 Å². The van der Waals surface area contributed by atoms with Crippen LogP contribution in [0.3, 0.4) is 0 Å². The van der Waals surface area contributed by atoms with Crippen LogP contribution in [0.2, 0.25) is 5.02 Å². The van der Waals surface area contributed by atoms with Crippen LogP contribution in [0, 0.1) is 27.7 Å². The van der Waals surface area contributed by atoms with Crippen LogP contribution in [0.5, 0.6) is 0 Å². The Balaban J connectivity index is 1.58. The van der Waals surface area contributed by atoms with Gasteiger partial charge in [-0.3, -0.25) is 0 Å². The smallest absolute Gasteiger partial charge is 0.314 e. The Bertz CT molecular complexity index is 1090. The minimum Gasteiger partial charge on any atom is -0.314 e. The van der Waals surface area contributed by atoms with E-state index in [9.17, 15) is 4.79 Å². The summed E-state index contributed by atoms with van der Waals surface area (Å²) in [4.78, 5) is 23.8. The first kappa shape index (κ1) is 21.2. The van der Waals surface area contributed by atoms with Gasteiger partial charge in [0.1, 0.15) is 11.6 Å². The summed E-state index contributed by atoms with van der Waals surface area (Å²) in [7, 11) is 0. The molecular formula is C22H26ClN7O. The molecule has 162 valence electrons. The zero-order valence-corrected chi connectivity index (χ0v) is 18.9. The quantitative estimate of drug-likeness (QED) is 0.651. The van der Waals surface area contributed by atoms with Gasteiger partial charge >= 0.3 is 6.03 Å². The Kier molecular flexibility index (Phi) is 5.91. The molecule has 0 bridgehead atoms. The van der Waals surface area contributed by atoms with Gasteiger partial charge in [-0.25, -0.2) is 14.8 Å². The molecule has 9 heteroatoms. The van der Waals surface area contributed by atoms with Gasteiger partial charge < -0.3 is 14.8 Å². The number of halogens is 1. The van der Waals surface area contributed by atoms with Gasteiger partial charge in [0.2, 0.25) is 0 Å². The molecule has 1 aliphatic heterocycles. The number of likely N-dealkylation sites (tertiary alicyclic amines) is 1. The highest BCUT2D eigenvalue weighted by Crippen LogP contribution is 2.32. The number of aryl methyl sites for hydroxylation is 4. The molecule has 1 aromatic carbocycles. The van der Waals surface area contributed by atoms with Crippen molar-refractivity contribution in [1.29, 1.82) is 0 Å². The molecule has 1 N–H and O–H groups in total. The lowest BCUT2D eigenvalue weighted by atomic mass is 10.2. The summed E-state index contributed by atoms with van der Waals surface area (Å²) >= 11 is 6.02. The van der Waals surface area contributed by atoms with Gasteiger partial charge in [0, 0.05) is 11.6 Å². The number of benzene rings is 1. The molecule has 0 spiro atoms. The summed E-state index contributed by atoms with van der Waals surface area (Å²) in [6.07, 6.45) is 1.75. The molecule has 0 aliphatic carbocycles. The standard InChI is InChI=1S/C22H26ClN7O/c1-13-20(14(2)25-15(3)24-13)26-22(31)29-11-5-6-19(29)21-28-27-16(4)30(21)12-17-7-9-18(23)10-8-17/h7-10,19H,5-6,11-12H2,1-4H3,(H,26,31)/t19-/m1/s1. The van der Waals surface area contributed by atoms with Gasteiger partial charge in [0.25, 0.3) is 0 Å². The Hall–Kier alpha value is -3.00. The number of nitrogens with zero attached hydrogens (tertiary/aromatic N) is 6. The summed E-state index contributed by atoms with van der Waals surface area (Å²) in [6.45, 7) is 8.82. The number of rotatable bonds is 4. The zero-order valence-electron chi connectivity index (χ0n) is 18.2. The summed E-state index contributed by atoms with van der Waals surface area (Å²) in [5.41, 5.74) is 3.29. The van der Waals surface area contributed by atoms with Crippen LogP contribution >= 0.6 is 11.6 Å². The van der Waals surface area contributed by atoms with E-state index in [1.165, 1.54) is 0 Å². The predicted molar refractivity (Wildman–Crippen MR) is 119 cm³/mol. The molecule has 31 heavy (non-hydrogen) atoms. The number of amides is 2. The van der Waals surface area contributed by atoms with E-state index in [2.05, 4.69) is 30.0 Å². The molecule has 8 nitrogen and oxygen atoms in total. The average Bonchev–Trinajstić information content (AvgIpc) is 3.33. The van der Waals surface area contributed by atoms with Gasteiger partial charge in [-0.15, -0.1) is 10.2 Å². The molecule has 1 atom stereocenters. The van der Waals surface area contributed by atoms with E-state index in [0.717, 1.165) is 41.4 Å². The van der Waals surface area contributed by atoms with Gasteiger partial charge in [-0.1, -0.05) is 23.7 Å². The van der Waals surface area contributed by atoms with Crippen LogP contribution in [0.25, 0.3) is 0 Å². The Morgan fingerprint density at radius 2 is 1.77 bits per heavy atom. The van der Waals surface area contributed by atoms with Gasteiger partial charge in [-0.2, -0.15) is 0 Å². The fourth-order valence-corrected chi connectivity index (χ4v) is 4.26. The molecule has 3 heterocycles. The van der Waals surface area contributed by atoms with Crippen molar-refractivity contribution >= 4 is 23.3 Å². The molecule has 2 amide bonds. The molecule has 2 aromatic heterocycles. The third kappa shape index (κ3) is 4.39. The Morgan fingerprint density at radius 3 is 2.45 bits per heavy atom. The minimum atomic E-state index is -0.167. The molecular weight excluding hydrogens is 414 g/mol. The number of carbonyl (C=O) groups excluding carboxylic acids is 1. The highest BCUT2D eigenvalue weighted by molar-refractivity contribution is 6.30. The number of nitrogens with one attached hydrogen (secondary N) is 1. The fourth-order valence-electron chi connectivity index (χ4n) is 4.13. The van der Waals surface area contributed by atoms with Crippen molar-refractivity contribution in [2.24, 2.45) is 0 Å². The monoisotopic (exact) mass is 439 g/mol. The molecule has 3 aromatic rings. The number of urea groups is 1. The van der Waals surface area contributed by atoms with Crippen molar-refractivity contribution in [1.82, 2.24) is 29.6 Å². The maximum atomic E-state index is 13.2. The van der Waals surface area contributed by atoms with E-state index in [4.69, 9.17) is 11.6 Å². The number of anilines is 1. The maximum Gasteiger partial charge on any atom is 0.322 e. The van der Waals surface area contributed by atoms with Crippen LogP contribution < -0.4 is 5.32 Å². The van der Waals surface area contributed by atoms with Crippen LogP contribution in [0.4, 0.5) is 10.5 Å². The van der Waals surface area contributed by atoms with E-state index >= 15 is 0 Å². The third-order valence-electron chi connectivity index (χ3n) is 5.64. The Morgan fingerprint density at radius 1 is 1.10 bits per heavy atom. The molecule has 1 saturated heterocycles. The molecule has 0 saturated carbocycles. The van der Waals surface area contributed by atoms with Crippen molar-refractivity contribution in [3.05, 3.63) is 63.7 Å². The van der Waals surface area contributed by atoms with Crippen molar-refractivity contribution in [2.75, 3.05) is 11.9 Å². The second kappa shape index (κ2) is 8.63. The second-order valence-electron chi connectivity index (χ2n) is 7.92. The van der Waals surface area contributed by atoms with E-state index in [-0.39, 0.29) is 12.1 Å². The molecule has 1 fully saturated rings. The lowest BCUT2D eigenvalue weighted by molar-refractivity contribution is 0.203. The van der Waals surface area contributed by atoms with Crippen LogP contribution in [0.15, 0.2) is 24.3 Å². The van der Waals surface area contributed by atoms with E-state index in [1.807, 2.05) is 56.9 Å². The highest BCUT2D eigenvalue weighted by atomic mass is 35.5. The summed E-state index contributed by atoms with van der Waals surface area (Å²) < 4.78 is 2.07. The van der Waals surface area contributed by atoms with Crippen molar-refractivity contribution in [3.63, 3.8) is 0 Å². The maximum absolute atomic E-state index is 13.2. The Labute approximate surface area is 186 Å². The first-order chi connectivity index (χ1) is 14.8. The van der Waals surface area contributed by atoms with E-state index in [1.54, 1.807) is 0 Å². The van der Waals surface area contributed by atoms with E-state index in [0.29, 0.717) is 29.6 Å². The molecule has 1 aliphatic rings. The van der Waals surface area contributed by atoms with Crippen molar-refractivity contribution < 1.29 is 4.79 Å². The lowest BCUT2D eigenvalue weighted by Gasteiger charge is -2.25. The van der Waals surface area contributed by atoms with Crippen LogP contribution in [0.1, 0.15) is 53.3 Å². The second-order valence-corrected chi connectivity index (χ2v) is 8.35. The zero-order chi connectivity index (χ0) is 22.1. The lowest BCUT2D eigenvalue weighted by Crippen LogP contribution is -2.36. The molecule has 0 radical (unpaired) electrons. The predicted octanol–water partition coefficient (Wildman–Crippen LogP) is 4.37. The van der Waals surface area contributed by atoms with E-state index < -0.39 is 0 Å².